The standard InChI is InChI=1S/C13H15ClF2O/c1-7-5-12(16)10(6-11(7)15)13(14)9-3-4-17-8(9)2/h5-6,8-9,13H,3-4H2,1-2H3. The van der Waals surface area contributed by atoms with Gasteiger partial charge in [0.25, 0.3) is 0 Å². The van der Waals surface area contributed by atoms with Gasteiger partial charge in [0, 0.05) is 18.1 Å². The first kappa shape index (κ1) is 12.8. The van der Waals surface area contributed by atoms with E-state index in [9.17, 15) is 8.78 Å². The van der Waals surface area contributed by atoms with Crippen LogP contribution in [0.1, 0.15) is 29.8 Å². The van der Waals surface area contributed by atoms with Crippen LogP contribution >= 0.6 is 11.6 Å². The van der Waals surface area contributed by atoms with Gasteiger partial charge in [0.2, 0.25) is 0 Å². The summed E-state index contributed by atoms with van der Waals surface area (Å²) in [6.45, 7) is 4.08. The first-order valence-electron chi connectivity index (χ1n) is 5.72. The van der Waals surface area contributed by atoms with Crippen LogP contribution in [0.3, 0.4) is 0 Å². The minimum Gasteiger partial charge on any atom is -0.378 e. The number of hydrogen-bond acceptors (Lipinski definition) is 1. The summed E-state index contributed by atoms with van der Waals surface area (Å²) in [4.78, 5) is 0. The molecule has 17 heavy (non-hydrogen) atoms. The Balaban J connectivity index is 2.30. The fourth-order valence-electron chi connectivity index (χ4n) is 2.24. The molecule has 4 heteroatoms. The maximum absolute atomic E-state index is 13.8. The Morgan fingerprint density at radius 1 is 1.35 bits per heavy atom. The molecule has 0 N–H and O–H groups in total. The highest BCUT2D eigenvalue weighted by atomic mass is 35.5. The molecule has 94 valence electrons. The molecule has 1 heterocycles. The number of aryl methyl sites for hydroxylation is 1. The van der Waals surface area contributed by atoms with Gasteiger partial charge in [-0.25, -0.2) is 8.78 Å². The van der Waals surface area contributed by atoms with Gasteiger partial charge in [0.15, 0.2) is 0 Å². The fraction of sp³-hybridized carbons (Fsp3) is 0.538. The van der Waals surface area contributed by atoms with Crippen molar-refractivity contribution in [1.29, 1.82) is 0 Å². The van der Waals surface area contributed by atoms with E-state index in [-0.39, 0.29) is 17.6 Å². The van der Waals surface area contributed by atoms with E-state index in [0.717, 1.165) is 6.42 Å². The van der Waals surface area contributed by atoms with E-state index in [2.05, 4.69) is 0 Å². The van der Waals surface area contributed by atoms with Crippen LogP contribution in [-0.4, -0.2) is 12.7 Å². The lowest BCUT2D eigenvalue weighted by atomic mass is 9.92. The summed E-state index contributed by atoms with van der Waals surface area (Å²) in [5, 5.41) is -0.539. The van der Waals surface area contributed by atoms with Crippen molar-refractivity contribution in [3.8, 4) is 0 Å². The molecule has 0 aromatic heterocycles. The van der Waals surface area contributed by atoms with Gasteiger partial charge < -0.3 is 4.74 Å². The zero-order chi connectivity index (χ0) is 12.6. The zero-order valence-electron chi connectivity index (χ0n) is 9.84. The zero-order valence-corrected chi connectivity index (χ0v) is 10.6. The highest BCUT2D eigenvalue weighted by Crippen LogP contribution is 2.39. The SMILES string of the molecule is Cc1cc(F)c(C(Cl)C2CCOC2C)cc1F. The molecule has 1 aromatic rings. The summed E-state index contributed by atoms with van der Waals surface area (Å²) in [5.74, 6) is -0.824. The van der Waals surface area contributed by atoms with Gasteiger partial charge in [0.05, 0.1) is 11.5 Å². The Bertz CT molecular complexity index is 422. The molecule has 0 saturated carbocycles. The topological polar surface area (TPSA) is 9.23 Å². The quantitative estimate of drug-likeness (QED) is 0.731. The van der Waals surface area contributed by atoms with E-state index in [4.69, 9.17) is 16.3 Å². The highest BCUT2D eigenvalue weighted by Gasteiger charge is 2.33. The summed E-state index contributed by atoms with van der Waals surface area (Å²) >= 11 is 6.25. The maximum Gasteiger partial charge on any atom is 0.128 e. The van der Waals surface area contributed by atoms with Gasteiger partial charge in [-0.1, -0.05) is 0 Å². The largest absolute Gasteiger partial charge is 0.378 e. The van der Waals surface area contributed by atoms with E-state index < -0.39 is 17.0 Å². The Labute approximate surface area is 105 Å². The minimum atomic E-state index is -0.539. The molecule has 3 atom stereocenters. The van der Waals surface area contributed by atoms with Crippen molar-refractivity contribution in [3.63, 3.8) is 0 Å². The van der Waals surface area contributed by atoms with E-state index >= 15 is 0 Å². The first-order valence-corrected chi connectivity index (χ1v) is 6.15. The average molecular weight is 261 g/mol. The summed E-state index contributed by atoms with van der Waals surface area (Å²) in [5.41, 5.74) is 0.531. The van der Waals surface area contributed by atoms with Crippen molar-refractivity contribution in [2.75, 3.05) is 6.61 Å². The van der Waals surface area contributed by atoms with E-state index in [1.807, 2.05) is 6.92 Å². The summed E-state index contributed by atoms with van der Waals surface area (Å²) in [6.07, 6.45) is 0.769. The molecule has 0 amide bonds. The molecule has 3 unspecified atom stereocenters. The van der Waals surface area contributed by atoms with Gasteiger partial charge in [-0.2, -0.15) is 0 Å². The molecule has 0 radical (unpaired) electrons. The van der Waals surface area contributed by atoms with Crippen molar-refractivity contribution in [2.24, 2.45) is 5.92 Å². The second-order valence-corrected chi connectivity index (χ2v) is 5.02. The van der Waals surface area contributed by atoms with Crippen LogP contribution in [0.2, 0.25) is 0 Å². The van der Waals surface area contributed by atoms with Gasteiger partial charge in [0.1, 0.15) is 11.6 Å². The molecule has 1 aliphatic heterocycles. The lowest BCUT2D eigenvalue weighted by Crippen LogP contribution is -2.17. The average Bonchev–Trinajstić information content (AvgIpc) is 2.69. The van der Waals surface area contributed by atoms with Gasteiger partial charge in [-0.15, -0.1) is 11.6 Å². The Morgan fingerprint density at radius 2 is 2.06 bits per heavy atom. The molecule has 1 nitrogen and oxygen atoms in total. The van der Waals surface area contributed by atoms with Crippen molar-refractivity contribution in [2.45, 2.75) is 31.7 Å². The number of ether oxygens (including phenoxy) is 1. The van der Waals surface area contributed by atoms with Crippen LogP contribution in [0, 0.1) is 24.5 Å². The second kappa shape index (κ2) is 4.91. The highest BCUT2D eigenvalue weighted by molar-refractivity contribution is 6.21. The number of alkyl halides is 1. The summed E-state index contributed by atoms with van der Waals surface area (Å²) in [7, 11) is 0. The Kier molecular flexibility index (Phi) is 3.69. The number of rotatable bonds is 2. The van der Waals surface area contributed by atoms with Crippen LogP contribution < -0.4 is 0 Å². The molecule has 1 aliphatic rings. The fourth-order valence-corrected chi connectivity index (χ4v) is 2.73. The normalized spacial score (nSPS) is 26.2. The molecule has 0 bridgehead atoms. The molecule has 1 saturated heterocycles. The first-order chi connectivity index (χ1) is 8.00. The van der Waals surface area contributed by atoms with E-state index in [1.54, 1.807) is 0 Å². The van der Waals surface area contributed by atoms with Crippen molar-refractivity contribution in [1.82, 2.24) is 0 Å². The van der Waals surface area contributed by atoms with Crippen molar-refractivity contribution in [3.05, 3.63) is 34.9 Å². The number of benzene rings is 1. The monoisotopic (exact) mass is 260 g/mol. The summed E-state index contributed by atoms with van der Waals surface area (Å²) in [6, 6.07) is 2.40. The third-order valence-corrected chi connectivity index (χ3v) is 3.94. The number of halogens is 3. The Hall–Kier alpha value is -0.670. The smallest absolute Gasteiger partial charge is 0.128 e. The maximum atomic E-state index is 13.8. The molecule has 0 spiro atoms. The molecule has 1 aromatic carbocycles. The van der Waals surface area contributed by atoms with Crippen LogP contribution in [0.5, 0.6) is 0 Å². The molecule has 0 aliphatic carbocycles. The van der Waals surface area contributed by atoms with Crippen LogP contribution in [0.15, 0.2) is 12.1 Å². The predicted octanol–water partition coefficient (Wildman–Crippen LogP) is 3.98. The lowest BCUT2D eigenvalue weighted by Gasteiger charge is -2.21. The van der Waals surface area contributed by atoms with Gasteiger partial charge in [-0.05, 0) is 38.0 Å². The third kappa shape index (κ3) is 2.45. The van der Waals surface area contributed by atoms with Crippen molar-refractivity contribution < 1.29 is 13.5 Å². The molecular formula is C13H15ClF2O. The Morgan fingerprint density at radius 3 is 2.65 bits per heavy atom. The predicted molar refractivity (Wildman–Crippen MR) is 63.2 cm³/mol. The van der Waals surface area contributed by atoms with Crippen molar-refractivity contribution >= 4 is 11.6 Å². The van der Waals surface area contributed by atoms with Crippen LogP contribution in [0.25, 0.3) is 0 Å². The van der Waals surface area contributed by atoms with Crippen LogP contribution in [-0.2, 0) is 4.74 Å². The molecule has 2 rings (SSSR count). The van der Waals surface area contributed by atoms with Crippen LogP contribution in [0.4, 0.5) is 8.78 Å². The molecule has 1 fully saturated rings. The number of hydrogen-bond donors (Lipinski definition) is 0. The van der Waals surface area contributed by atoms with Gasteiger partial charge >= 0.3 is 0 Å². The van der Waals surface area contributed by atoms with E-state index in [1.165, 1.54) is 19.1 Å². The third-order valence-electron chi connectivity index (χ3n) is 3.39. The van der Waals surface area contributed by atoms with Gasteiger partial charge in [-0.3, -0.25) is 0 Å². The molecular weight excluding hydrogens is 246 g/mol. The minimum absolute atomic E-state index is 0.0127. The summed E-state index contributed by atoms with van der Waals surface area (Å²) < 4.78 is 32.6. The lowest BCUT2D eigenvalue weighted by molar-refractivity contribution is 0.104. The second-order valence-electron chi connectivity index (χ2n) is 4.55. The van der Waals surface area contributed by atoms with E-state index in [0.29, 0.717) is 12.2 Å².